The summed E-state index contributed by atoms with van der Waals surface area (Å²) in [6.45, 7) is 1.88. The number of ether oxygens (including phenoxy) is 2. The van der Waals surface area contributed by atoms with Crippen molar-refractivity contribution in [2.45, 2.75) is 17.7 Å². The highest BCUT2D eigenvalue weighted by atomic mass is 32.2. The quantitative estimate of drug-likeness (QED) is 0.485. The molecule has 19 heavy (non-hydrogen) atoms. The Kier molecular flexibility index (Phi) is 7.66. The van der Waals surface area contributed by atoms with E-state index in [1.165, 1.54) is 12.1 Å². The van der Waals surface area contributed by atoms with Crippen LogP contribution in [0.4, 0.5) is 0 Å². The largest absolute Gasteiger partial charge is 0.382 e. The molecular formula is C13H20O5S. The lowest BCUT2D eigenvalue weighted by Crippen LogP contribution is -2.08. The lowest BCUT2D eigenvalue weighted by molar-refractivity contribution is 0.0675. The summed E-state index contributed by atoms with van der Waals surface area (Å²) in [5, 5.41) is 0. The number of benzene rings is 1. The van der Waals surface area contributed by atoms with Gasteiger partial charge in [-0.3, -0.25) is 4.18 Å². The second-order valence-corrected chi connectivity index (χ2v) is 5.52. The first-order valence-corrected chi connectivity index (χ1v) is 7.59. The zero-order valence-corrected chi connectivity index (χ0v) is 11.9. The molecule has 0 aliphatic carbocycles. The normalized spacial score (nSPS) is 11.6. The molecule has 0 aliphatic rings. The van der Waals surface area contributed by atoms with Crippen LogP contribution in [-0.2, 0) is 23.8 Å². The maximum atomic E-state index is 11.7. The second kappa shape index (κ2) is 9.03. The minimum Gasteiger partial charge on any atom is -0.382 e. The first kappa shape index (κ1) is 16.1. The second-order valence-electron chi connectivity index (χ2n) is 3.90. The van der Waals surface area contributed by atoms with E-state index < -0.39 is 10.1 Å². The molecule has 0 saturated carbocycles. The fourth-order valence-electron chi connectivity index (χ4n) is 1.37. The van der Waals surface area contributed by atoms with Gasteiger partial charge in [-0.15, -0.1) is 0 Å². The molecule has 0 radical (unpaired) electrons. The highest BCUT2D eigenvalue weighted by molar-refractivity contribution is 7.86. The van der Waals surface area contributed by atoms with E-state index in [1.807, 2.05) is 0 Å². The maximum Gasteiger partial charge on any atom is 0.296 e. The predicted octanol–water partition coefficient (Wildman–Crippen LogP) is 1.84. The summed E-state index contributed by atoms with van der Waals surface area (Å²) in [5.41, 5.74) is 0. The van der Waals surface area contributed by atoms with Crippen LogP contribution in [0.15, 0.2) is 35.2 Å². The summed E-state index contributed by atoms with van der Waals surface area (Å²) in [6.07, 6.45) is 1.40. The van der Waals surface area contributed by atoms with Crippen LogP contribution in [0, 0.1) is 0 Å². The zero-order valence-electron chi connectivity index (χ0n) is 11.1. The Hall–Kier alpha value is -0.950. The van der Waals surface area contributed by atoms with Gasteiger partial charge in [0, 0.05) is 13.7 Å². The molecule has 1 aromatic carbocycles. The minimum atomic E-state index is -3.62. The van der Waals surface area contributed by atoms with Gasteiger partial charge in [-0.05, 0) is 25.0 Å². The molecule has 0 N–H and O–H groups in total. The fourth-order valence-corrected chi connectivity index (χ4v) is 2.34. The third kappa shape index (κ3) is 6.68. The fraction of sp³-hybridized carbons (Fsp3) is 0.538. The third-order valence-electron chi connectivity index (χ3n) is 2.39. The molecule has 0 unspecified atom stereocenters. The standard InChI is InChI=1S/C13H20O5S/c1-16-11-12-17-9-5-6-10-18-19(14,15)13-7-3-2-4-8-13/h2-4,7-8H,5-6,9-12H2,1H3. The minimum absolute atomic E-state index is 0.171. The van der Waals surface area contributed by atoms with E-state index >= 15 is 0 Å². The van der Waals surface area contributed by atoms with Crippen LogP contribution in [0.2, 0.25) is 0 Å². The Morgan fingerprint density at radius 1 is 0.947 bits per heavy atom. The van der Waals surface area contributed by atoms with Crippen LogP contribution in [0.5, 0.6) is 0 Å². The van der Waals surface area contributed by atoms with Gasteiger partial charge >= 0.3 is 0 Å². The monoisotopic (exact) mass is 288 g/mol. The van der Waals surface area contributed by atoms with E-state index in [-0.39, 0.29) is 11.5 Å². The van der Waals surface area contributed by atoms with Crippen LogP contribution in [0.3, 0.4) is 0 Å². The van der Waals surface area contributed by atoms with E-state index in [0.29, 0.717) is 26.2 Å². The Bertz CT molecular complexity index is 430. The number of methoxy groups -OCH3 is 1. The van der Waals surface area contributed by atoms with Gasteiger partial charge in [0.1, 0.15) is 0 Å². The van der Waals surface area contributed by atoms with Gasteiger partial charge in [0.2, 0.25) is 0 Å². The first-order chi connectivity index (χ1) is 9.17. The third-order valence-corrected chi connectivity index (χ3v) is 3.71. The molecule has 0 heterocycles. The Balaban J connectivity index is 2.15. The van der Waals surface area contributed by atoms with Crippen molar-refractivity contribution in [3.8, 4) is 0 Å². The Morgan fingerprint density at radius 2 is 1.63 bits per heavy atom. The van der Waals surface area contributed by atoms with E-state index in [4.69, 9.17) is 13.7 Å². The van der Waals surface area contributed by atoms with Crippen LogP contribution in [-0.4, -0.2) is 42.0 Å². The van der Waals surface area contributed by atoms with Crippen LogP contribution < -0.4 is 0 Å². The molecule has 5 nitrogen and oxygen atoms in total. The predicted molar refractivity (Wildman–Crippen MR) is 71.5 cm³/mol. The van der Waals surface area contributed by atoms with Crippen LogP contribution in [0.1, 0.15) is 12.8 Å². The molecule has 6 heteroatoms. The van der Waals surface area contributed by atoms with E-state index in [2.05, 4.69) is 0 Å². The smallest absolute Gasteiger partial charge is 0.296 e. The van der Waals surface area contributed by atoms with E-state index in [0.717, 1.165) is 6.42 Å². The van der Waals surface area contributed by atoms with Crippen molar-refractivity contribution in [1.82, 2.24) is 0 Å². The summed E-state index contributed by atoms with van der Waals surface area (Å²) in [4.78, 5) is 0.186. The molecule has 0 amide bonds. The zero-order chi connectivity index (χ0) is 14.0. The van der Waals surface area contributed by atoms with E-state index in [9.17, 15) is 8.42 Å². The molecule has 108 valence electrons. The molecular weight excluding hydrogens is 268 g/mol. The summed E-state index contributed by atoms with van der Waals surface area (Å²) in [7, 11) is -2.01. The lowest BCUT2D eigenvalue weighted by Gasteiger charge is -2.06. The van der Waals surface area contributed by atoms with Crippen molar-refractivity contribution in [3.63, 3.8) is 0 Å². The van der Waals surface area contributed by atoms with Crippen molar-refractivity contribution in [2.24, 2.45) is 0 Å². The molecule has 0 saturated heterocycles. The molecule has 0 spiro atoms. The molecule has 0 bridgehead atoms. The van der Waals surface area contributed by atoms with E-state index in [1.54, 1.807) is 25.3 Å². The van der Waals surface area contributed by atoms with Gasteiger partial charge in [0.25, 0.3) is 10.1 Å². The summed E-state index contributed by atoms with van der Waals surface area (Å²) < 4.78 is 38.5. The van der Waals surface area contributed by atoms with Crippen molar-refractivity contribution in [1.29, 1.82) is 0 Å². The van der Waals surface area contributed by atoms with Gasteiger partial charge in [0.15, 0.2) is 0 Å². The topological polar surface area (TPSA) is 61.8 Å². The highest BCUT2D eigenvalue weighted by Gasteiger charge is 2.13. The van der Waals surface area contributed by atoms with Crippen molar-refractivity contribution >= 4 is 10.1 Å². The average Bonchev–Trinajstić information content (AvgIpc) is 2.43. The number of hydrogen-bond acceptors (Lipinski definition) is 5. The van der Waals surface area contributed by atoms with Gasteiger partial charge in [0.05, 0.1) is 24.7 Å². The van der Waals surface area contributed by atoms with Gasteiger partial charge in [-0.2, -0.15) is 8.42 Å². The Labute approximate surface area is 114 Å². The van der Waals surface area contributed by atoms with Crippen LogP contribution in [0.25, 0.3) is 0 Å². The average molecular weight is 288 g/mol. The first-order valence-electron chi connectivity index (χ1n) is 6.18. The maximum absolute atomic E-state index is 11.7. The van der Waals surface area contributed by atoms with Crippen molar-refractivity contribution < 1.29 is 22.1 Å². The number of unbranched alkanes of at least 4 members (excludes halogenated alkanes) is 1. The summed E-state index contributed by atoms with van der Waals surface area (Å²) in [5.74, 6) is 0. The molecule has 0 aliphatic heterocycles. The highest BCUT2D eigenvalue weighted by Crippen LogP contribution is 2.11. The van der Waals surface area contributed by atoms with Crippen molar-refractivity contribution in [3.05, 3.63) is 30.3 Å². The SMILES string of the molecule is COCCOCCCCOS(=O)(=O)c1ccccc1. The molecule has 1 aromatic rings. The number of hydrogen-bond donors (Lipinski definition) is 0. The molecule has 0 fully saturated rings. The van der Waals surface area contributed by atoms with Crippen molar-refractivity contribution in [2.75, 3.05) is 33.5 Å². The van der Waals surface area contributed by atoms with Gasteiger partial charge in [-0.25, -0.2) is 0 Å². The molecule has 0 atom stereocenters. The van der Waals surface area contributed by atoms with Gasteiger partial charge < -0.3 is 9.47 Å². The van der Waals surface area contributed by atoms with Crippen LogP contribution >= 0.6 is 0 Å². The summed E-state index contributed by atoms with van der Waals surface area (Å²) in [6, 6.07) is 8.13. The number of rotatable bonds is 10. The molecule has 1 rings (SSSR count). The summed E-state index contributed by atoms with van der Waals surface area (Å²) >= 11 is 0. The Morgan fingerprint density at radius 3 is 2.32 bits per heavy atom. The lowest BCUT2D eigenvalue weighted by atomic mass is 10.3. The molecule has 0 aromatic heterocycles. The van der Waals surface area contributed by atoms with Gasteiger partial charge in [-0.1, -0.05) is 18.2 Å².